The van der Waals surface area contributed by atoms with Gasteiger partial charge in [0.05, 0.1) is 15.7 Å². The highest BCUT2D eigenvalue weighted by Gasteiger charge is 2.24. The van der Waals surface area contributed by atoms with E-state index in [1.54, 1.807) is 0 Å². The summed E-state index contributed by atoms with van der Waals surface area (Å²) in [5, 5.41) is 21.4. The first kappa shape index (κ1) is 12.8. The van der Waals surface area contributed by atoms with Crippen molar-refractivity contribution in [2.24, 2.45) is 10.7 Å². The molecule has 0 saturated heterocycles. The lowest BCUT2D eigenvalue weighted by molar-refractivity contribution is -0.392. The van der Waals surface area contributed by atoms with Gasteiger partial charge in [-0.05, 0) is 6.07 Å². The molecule has 1 aromatic rings. The molecule has 0 saturated carbocycles. The van der Waals surface area contributed by atoms with E-state index in [4.69, 9.17) is 17.3 Å². The number of nitrogens with two attached hydrogens (primary N) is 1. The molecule has 0 unspecified atom stereocenters. The Kier molecular flexibility index (Phi) is 3.94. The Morgan fingerprint density at radius 1 is 1.29 bits per heavy atom. The number of hydrogen-bond donors (Lipinski definition) is 1. The van der Waals surface area contributed by atoms with E-state index in [0.717, 1.165) is 12.1 Å². The van der Waals surface area contributed by atoms with Crippen molar-refractivity contribution in [3.63, 3.8) is 0 Å². The molecule has 0 amide bonds. The van der Waals surface area contributed by atoms with Crippen molar-refractivity contribution in [1.82, 2.24) is 0 Å². The van der Waals surface area contributed by atoms with Crippen molar-refractivity contribution >= 4 is 34.5 Å². The monoisotopic (exact) mass is 258 g/mol. The van der Waals surface area contributed by atoms with Crippen LogP contribution in [0.25, 0.3) is 0 Å². The van der Waals surface area contributed by atoms with E-state index in [1.807, 2.05) is 0 Å². The Labute approximate surface area is 100 Å². The summed E-state index contributed by atoms with van der Waals surface area (Å²) in [6, 6.07) is 3.41. The number of nitro benzene ring substituents is 2. The molecule has 0 aliphatic carbocycles. The third-order valence-electron chi connectivity index (χ3n) is 1.78. The van der Waals surface area contributed by atoms with Crippen LogP contribution in [-0.2, 0) is 0 Å². The predicted molar refractivity (Wildman–Crippen MR) is 61.8 cm³/mol. The van der Waals surface area contributed by atoms with E-state index in [2.05, 4.69) is 4.99 Å². The van der Waals surface area contributed by atoms with Crippen LogP contribution in [0.5, 0.6) is 0 Å². The molecule has 0 atom stereocenters. The van der Waals surface area contributed by atoms with Crippen molar-refractivity contribution < 1.29 is 9.85 Å². The molecule has 1 rings (SSSR count). The van der Waals surface area contributed by atoms with Gasteiger partial charge in [0.25, 0.3) is 0 Å². The maximum Gasteiger partial charge on any atom is 0.302 e. The van der Waals surface area contributed by atoms with Crippen LogP contribution in [0.2, 0.25) is 0 Å². The largest absolute Gasteiger partial charge is 0.386 e. The van der Waals surface area contributed by atoms with Crippen LogP contribution in [0.4, 0.5) is 17.1 Å². The average molecular weight is 259 g/mol. The van der Waals surface area contributed by atoms with Gasteiger partial charge in [-0.15, -0.1) is 11.6 Å². The van der Waals surface area contributed by atoms with Crippen LogP contribution in [0.15, 0.2) is 23.2 Å². The van der Waals surface area contributed by atoms with Gasteiger partial charge in [-0.25, -0.2) is 4.99 Å². The molecule has 0 aliphatic heterocycles. The number of para-hydroxylation sites is 1. The average Bonchev–Trinajstić information content (AvgIpc) is 2.28. The van der Waals surface area contributed by atoms with Gasteiger partial charge in [-0.1, -0.05) is 0 Å². The van der Waals surface area contributed by atoms with Crippen molar-refractivity contribution in [3.8, 4) is 0 Å². The van der Waals surface area contributed by atoms with Gasteiger partial charge in [-0.3, -0.25) is 20.2 Å². The summed E-state index contributed by atoms with van der Waals surface area (Å²) in [6.45, 7) is 0. The highest BCUT2D eigenvalue weighted by Crippen LogP contribution is 2.36. The van der Waals surface area contributed by atoms with E-state index < -0.39 is 26.9 Å². The Morgan fingerprint density at radius 3 is 2.12 bits per heavy atom. The van der Waals surface area contributed by atoms with Crippen LogP contribution < -0.4 is 5.73 Å². The number of amidine groups is 1. The second kappa shape index (κ2) is 5.21. The maximum atomic E-state index is 10.7. The fraction of sp³-hybridized carbons (Fsp3) is 0.125. The van der Waals surface area contributed by atoms with E-state index >= 15 is 0 Å². The van der Waals surface area contributed by atoms with E-state index in [0.29, 0.717) is 0 Å². The summed E-state index contributed by atoms with van der Waals surface area (Å²) >= 11 is 5.37. The minimum absolute atomic E-state index is 0.135. The molecule has 0 spiro atoms. The first-order valence-electron chi connectivity index (χ1n) is 4.28. The zero-order valence-corrected chi connectivity index (χ0v) is 9.13. The summed E-state index contributed by atoms with van der Waals surface area (Å²) in [7, 11) is 0. The van der Waals surface area contributed by atoms with Gasteiger partial charge >= 0.3 is 11.4 Å². The van der Waals surface area contributed by atoms with Crippen molar-refractivity contribution in [3.05, 3.63) is 38.4 Å². The normalized spacial score (nSPS) is 11.2. The highest BCUT2D eigenvalue weighted by atomic mass is 35.5. The fourth-order valence-corrected chi connectivity index (χ4v) is 1.16. The number of nitro groups is 2. The van der Waals surface area contributed by atoms with E-state index in [9.17, 15) is 20.2 Å². The topological polar surface area (TPSA) is 125 Å². The highest BCUT2D eigenvalue weighted by molar-refractivity contribution is 6.28. The molecule has 90 valence electrons. The number of alkyl halides is 1. The lowest BCUT2D eigenvalue weighted by atomic mass is 10.2. The first-order chi connectivity index (χ1) is 7.97. The van der Waals surface area contributed by atoms with E-state index in [-0.39, 0.29) is 11.7 Å². The van der Waals surface area contributed by atoms with Crippen molar-refractivity contribution in [1.29, 1.82) is 0 Å². The molecule has 0 aliphatic rings. The van der Waals surface area contributed by atoms with Gasteiger partial charge in [0.1, 0.15) is 5.84 Å². The molecule has 9 heteroatoms. The second-order valence-electron chi connectivity index (χ2n) is 2.90. The first-order valence-corrected chi connectivity index (χ1v) is 4.81. The summed E-state index contributed by atoms with van der Waals surface area (Å²) in [5.74, 6) is -0.313. The smallest absolute Gasteiger partial charge is 0.302 e. The molecular weight excluding hydrogens is 252 g/mol. The zero-order valence-electron chi connectivity index (χ0n) is 8.37. The summed E-state index contributed by atoms with van der Waals surface area (Å²) in [4.78, 5) is 23.5. The predicted octanol–water partition coefficient (Wildman–Crippen LogP) is 1.73. The van der Waals surface area contributed by atoms with Gasteiger partial charge in [-0.2, -0.15) is 0 Å². The Hall–Kier alpha value is -2.22. The van der Waals surface area contributed by atoms with Gasteiger partial charge < -0.3 is 5.73 Å². The quantitative estimate of drug-likeness (QED) is 0.289. The standard InChI is InChI=1S/C8H7ClN4O4/c9-4-7(10)11-8-5(12(14)15)2-1-3-6(8)13(16)17/h1-3H,4H2,(H2,10,11). The number of aliphatic imine (C=N–C) groups is 1. The SMILES string of the molecule is NC(CCl)=Nc1c([N+](=O)[O-])cccc1[N+](=O)[O-]. The van der Waals surface area contributed by atoms with Crippen LogP contribution >= 0.6 is 11.6 Å². The Balaban J connectivity index is 3.49. The maximum absolute atomic E-state index is 10.7. The molecule has 0 heterocycles. The van der Waals surface area contributed by atoms with Gasteiger partial charge in [0.2, 0.25) is 5.69 Å². The third-order valence-corrected chi connectivity index (χ3v) is 2.05. The molecular formula is C8H7ClN4O4. The molecule has 17 heavy (non-hydrogen) atoms. The number of halogens is 1. The summed E-state index contributed by atoms with van der Waals surface area (Å²) < 4.78 is 0. The third kappa shape index (κ3) is 2.88. The number of nitrogens with zero attached hydrogens (tertiary/aromatic N) is 3. The lowest BCUT2D eigenvalue weighted by Crippen LogP contribution is -2.12. The molecule has 1 aromatic carbocycles. The Morgan fingerprint density at radius 2 is 1.76 bits per heavy atom. The molecule has 0 bridgehead atoms. The molecule has 2 N–H and O–H groups in total. The van der Waals surface area contributed by atoms with Crippen LogP contribution in [-0.4, -0.2) is 21.6 Å². The number of hydrogen-bond acceptors (Lipinski definition) is 5. The molecule has 0 aromatic heterocycles. The minimum Gasteiger partial charge on any atom is -0.386 e. The number of benzene rings is 1. The fourth-order valence-electron chi connectivity index (χ4n) is 1.10. The van der Waals surface area contributed by atoms with Crippen LogP contribution in [0, 0.1) is 20.2 Å². The van der Waals surface area contributed by atoms with Gasteiger partial charge in [0.15, 0.2) is 0 Å². The van der Waals surface area contributed by atoms with Crippen molar-refractivity contribution in [2.75, 3.05) is 5.88 Å². The number of rotatable bonds is 4. The molecule has 8 nitrogen and oxygen atoms in total. The molecule has 0 fully saturated rings. The summed E-state index contributed by atoms with van der Waals surface area (Å²) in [5.41, 5.74) is 3.93. The summed E-state index contributed by atoms with van der Waals surface area (Å²) in [6.07, 6.45) is 0. The Bertz CT molecular complexity index is 470. The minimum atomic E-state index is -0.770. The zero-order chi connectivity index (χ0) is 13.0. The van der Waals surface area contributed by atoms with Crippen LogP contribution in [0.1, 0.15) is 0 Å². The lowest BCUT2D eigenvalue weighted by Gasteiger charge is -2.00. The molecule has 0 radical (unpaired) electrons. The van der Waals surface area contributed by atoms with E-state index in [1.165, 1.54) is 6.07 Å². The van der Waals surface area contributed by atoms with Crippen molar-refractivity contribution in [2.45, 2.75) is 0 Å². The second-order valence-corrected chi connectivity index (χ2v) is 3.16. The van der Waals surface area contributed by atoms with Crippen LogP contribution in [0.3, 0.4) is 0 Å². The van der Waals surface area contributed by atoms with Gasteiger partial charge in [0, 0.05) is 12.1 Å².